The quantitative estimate of drug-likeness (QED) is 0.670. The van der Waals surface area contributed by atoms with Crippen LogP contribution in [0.25, 0.3) is 22.2 Å². The molecule has 1 aliphatic carbocycles. The van der Waals surface area contributed by atoms with Crippen LogP contribution in [0.4, 0.5) is 17.6 Å². The van der Waals surface area contributed by atoms with E-state index in [0.29, 0.717) is 23.0 Å². The predicted molar refractivity (Wildman–Crippen MR) is 93.8 cm³/mol. The van der Waals surface area contributed by atoms with E-state index in [2.05, 4.69) is 15.1 Å². The molecule has 1 N–H and O–H groups in total. The van der Waals surface area contributed by atoms with E-state index in [9.17, 15) is 22.7 Å². The average molecular weight is 394 g/mol. The van der Waals surface area contributed by atoms with E-state index in [0.717, 1.165) is 31.9 Å². The molecular formula is C19H18F4N4O. The first kappa shape index (κ1) is 18.8. The van der Waals surface area contributed by atoms with Gasteiger partial charge in [0.05, 0.1) is 29.6 Å². The normalized spacial score (nSPS) is 20.6. The van der Waals surface area contributed by atoms with Gasteiger partial charge in [-0.2, -0.15) is 18.3 Å². The number of aliphatic hydroxyl groups excluding tert-OH is 1. The summed E-state index contributed by atoms with van der Waals surface area (Å²) in [6.45, 7) is 0.181. The van der Waals surface area contributed by atoms with E-state index in [1.165, 1.54) is 12.1 Å². The zero-order valence-electron chi connectivity index (χ0n) is 14.8. The highest BCUT2D eigenvalue weighted by Crippen LogP contribution is 2.34. The molecule has 0 aliphatic heterocycles. The van der Waals surface area contributed by atoms with Gasteiger partial charge >= 0.3 is 6.18 Å². The molecule has 148 valence electrons. The minimum Gasteiger partial charge on any atom is -0.396 e. The first-order valence-electron chi connectivity index (χ1n) is 9.04. The summed E-state index contributed by atoms with van der Waals surface area (Å²) in [5, 5.41) is 14.3. The summed E-state index contributed by atoms with van der Waals surface area (Å²) in [6, 6.07) is 2.83. The maximum absolute atomic E-state index is 14.6. The number of rotatable bonds is 3. The van der Waals surface area contributed by atoms with Crippen LogP contribution in [-0.4, -0.2) is 31.5 Å². The highest BCUT2D eigenvalue weighted by molar-refractivity contribution is 5.83. The molecule has 1 aromatic carbocycles. The van der Waals surface area contributed by atoms with E-state index >= 15 is 0 Å². The topological polar surface area (TPSA) is 63.8 Å². The van der Waals surface area contributed by atoms with Crippen LogP contribution in [0.1, 0.15) is 37.4 Å². The third-order valence-electron chi connectivity index (χ3n) is 5.26. The van der Waals surface area contributed by atoms with Crippen molar-refractivity contribution in [2.45, 2.75) is 37.9 Å². The fraction of sp³-hybridized carbons (Fsp3) is 0.421. The molecule has 1 aliphatic rings. The van der Waals surface area contributed by atoms with Gasteiger partial charge in [0, 0.05) is 29.8 Å². The lowest BCUT2D eigenvalue weighted by molar-refractivity contribution is -0.141. The van der Waals surface area contributed by atoms with Crippen LogP contribution < -0.4 is 0 Å². The molecule has 0 amide bonds. The van der Waals surface area contributed by atoms with E-state index in [-0.39, 0.29) is 23.9 Å². The molecule has 1 saturated carbocycles. The van der Waals surface area contributed by atoms with E-state index in [1.807, 2.05) is 0 Å². The van der Waals surface area contributed by atoms with Gasteiger partial charge in [0.25, 0.3) is 0 Å². The molecule has 0 saturated heterocycles. The van der Waals surface area contributed by atoms with Crippen LogP contribution in [0.3, 0.4) is 0 Å². The van der Waals surface area contributed by atoms with E-state index in [4.69, 9.17) is 0 Å². The van der Waals surface area contributed by atoms with Crippen molar-refractivity contribution in [2.24, 2.45) is 5.92 Å². The number of hydrogen-bond donors (Lipinski definition) is 1. The molecule has 0 bridgehead atoms. The number of aliphatic hydroxyl groups is 1. The summed E-state index contributed by atoms with van der Waals surface area (Å²) in [7, 11) is 0. The lowest BCUT2D eigenvalue weighted by atomic mass is 9.87. The van der Waals surface area contributed by atoms with Gasteiger partial charge in [-0.15, -0.1) is 0 Å². The fourth-order valence-electron chi connectivity index (χ4n) is 3.67. The van der Waals surface area contributed by atoms with Crippen LogP contribution in [0.5, 0.6) is 0 Å². The van der Waals surface area contributed by atoms with E-state index < -0.39 is 17.7 Å². The van der Waals surface area contributed by atoms with Crippen molar-refractivity contribution in [3.8, 4) is 11.3 Å². The first-order chi connectivity index (χ1) is 13.3. The number of aromatic nitrogens is 4. The maximum atomic E-state index is 14.6. The summed E-state index contributed by atoms with van der Waals surface area (Å²) in [6.07, 6.45) is 2.39. The molecule has 0 spiro atoms. The smallest absolute Gasteiger partial charge is 0.396 e. The molecule has 0 atom stereocenters. The van der Waals surface area contributed by atoms with Gasteiger partial charge in [0.1, 0.15) is 5.82 Å². The first-order valence-corrected chi connectivity index (χ1v) is 9.04. The maximum Gasteiger partial charge on any atom is 0.434 e. The Hall–Kier alpha value is -2.55. The molecule has 0 unspecified atom stereocenters. The lowest BCUT2D eigenvalue weighted by Gasteiger charge is -2.27. The van der Waals surface area contributed by atoms with Crippen molar-refractivity contribution < 1.29 is 22.7 Å². The summed E-state index contributed by atoms with van der Waals surface area (Å²) in [5.74, 6) is -0.389. The number of halogens is 4. The van der Waals surface area contributed by atoms with Crippen molar-refractivity contribution in [2.75, 3.05) is 6.61 Å². The zero-order valence-corrected chi connectivity index (χ0v) is 14.8. The summed E-state index contributed by atoms with van der Waals surface area (Å²) in [5.41, 5.74) is -0.952. The second kappa shape index (κ2) is 7.12. The number of alkyl halides is 3. The Kier molecular flexibility index (Phi) is 4.78. The second-order valence-electron chi connectivity index (χ2n) is 7.14. The lowest BCUT2D eigenvalue weighted by Crippen LogP contribution is -2.20. The van der Waals surface area contributed by atoms with Crippen molar-refractivity contribution in [3.05, 3.63) is 42.2 Å². The van der Waals surface area contributed by atoms with Gasteiger partial charge in [-0.1, -0.05) is 0 Å². The Morgan fingerprint density at radius 1 is 1.11 bits per heavy atom. The van der Waals surface area contributed by atoms with Gasteiger partial charge in [-0.05, 0) is 37.7 Å². The zero-order chi connectivity index (χ0) is 19.9. The molecule has 3 aromatic rings. The van der Waals surface area contributed by atoms with Crippen LogP contribution in [-0.2, 0) is 6.18 Å². The monoisotopic (exact) mass is 394 g/mol. The fourth-order valence-corrected chi connectivity index (χ4v) is 3.67. The molecule has 2 heterocycles. The van der Waals surface area contributed by atoms with Gasteiger partial charge in [0.2, 0.25) is 0 Å². The minimum absolute atomic E-state index is 0.0466. The largest absolute Gasteiger partial charge is 0.434 e. The van der Waals surface area contributed by atoms with E-state index in [1.54, 1.807) is 10.9 Å². The molecule has 9 heteroatoms. The Labute approximate surface area is 158 Å². The third-order valence-corrected chi connectivity index (χ3v) is 5.26. The molecule has 4 rings (SSSR count). The number of benzene rings is 1. The molecule has 0 radical (unpaired) electrons. The Bertz CT molecular complexity index is 993. The number of nitrogens with zero attached hydrogens (tertiary/aromatic N) is 4. The van der Waals surface area contributed by atoms with Gasteiger partial charge in [0.15, 0.2) is 5.69 Å². The minimum atomic E-state index is -4.65. The van der Waals surface area contributed by atoms with Gasteiger partial charge in [-0.3, -0.25) is 9.67 Å². The molecule has 28 heavy (non-hydrogen) atoms. The van der Waals surface area contributed by atoms with Crippen LogP contribution >= 0.6 is 0 Å². The number of hydrogen-bond acceptors (Lipinski definition) is 4. The van der Waals surface area contributed by atoms with Crippen molar-refractivity contribution >= 4 is 10.9 Å². The SMILES string of the molecule is OCC1CCC(n2cc3cc(-c4cncc(C(F)(F)F)n4)c(F)cc3n2)CC1. The van der Waals surface area contributed by atoms with Gasteiger partial charge in [-0.25, -0.2) is 9.37 Å². The predicted octanol–water partition coefficient (Wildman–Crippen LogP) is 4.37. The molecule has 5 nitrogen and oxygen atoms in total. The van der Waals surface area contributed by atoms with Crippen LogP contribution in [0.2, 0.25) is 0 Å². The summed E-state index contributed by atoms with van der Waals surface area (Å²) >= 11 is 0. The molecule has 2 aromatic heterocycles. The summed E-state index contributed by atoms with van der Waals surface area (Å²) in [4.78, 5) is 7.07. The Morgan fingerprint density at radius 3 is 2.54 bits per heavy atom. The number of fused-ring (bicyclic) bond motifs is 1. The molecule has 1 fully saturated rings. The second-order valence-corrected chi connectivity index (χ2v) is 7.14. The van der Waals surface area contributed by atoms with Crippen molar-refractivity contribution in [1.29, 1.82) is 0 Å². The van der Waals surface area contributed by atoms with Crippen molar-refractivity contribution in [3.63, 3.8) is 0 Å². The van der Waals surface area contributed by atoms with Crippen molar-refractivity contribution in [1.82, 2.24) is 19.7 Å². The average Bonchev–Trinajstić information content (AvgIpc) is 3.09. The highest BCUT2D eigenvalue weighted by Gasteiger charge is 2.33. The highest BCUT2D eigenvalue weighted by atomic mass is 19.4. The Balaban J connectivity index is 1.67. The van der Waals surface area contributed by atoms with Gasteiger partial charge < -0.3 is 5.11 Å². The standard InChI is InChI=1S/C19H18F4N4O/c20-15-6-16-12(9-27(26-16)13-3-1-11(10-28)2-4-13)5-14(15)17-7-24-8-18(25-17)19(21,22)23/h5-9,11,13,28H,1-4,10H2. The van der Waals surface area contributed by atoms with Crippen LogP contribution in [0, 0.1) is 11.7 Å². The third kappa shape index (κ3) is 3.58. The summed E-state index contributed by atoms with van der Waals surface area (Å²) < 4.78 is 55.0. The molecular weight excluding hydrogens is 376 g/mol. The Morgan fingerprint density at radius 2 is 1.86 bits per heavy atom. The van der Waals surface area contributed by atoms with Crippen LogP contribution in [0.15, 0.2) is 30.7 Å².